The van der Waals surface area contributed by atoms with Crippen LogP contribution in [0.25, 0.3) is 0 Å². The molecule has 1 aliphatic heterocycles. The first-order valence-electron chi connectivity index (χ1n) is 8.38. The Balaban J connectivity index is 1.42. The summed E-state index contributed by atoms with van der Waals surface area (Å²) in [6.45, 7) is 0.408. The highest BCUT2D eigenvalue weighted by Crippen LogP contribution is 2.36. The predicted molar refractivity (Wildman–Crippen MR) is 97.6 cm³/mol. The molecule has 0 radical (unpaired) electrons. The van der Waals surface area contributed by atoms with Crippen molar-refractivity contribution in [1.29, 1.82) is 0 Å². The molecular formula is C19H20N2O6. The Labute approximate surface area is 156 Å². The van der Waals surface area contributed by atoms with E-state index in [4.69, 9.17) is 18.9 Å². The van der Waals surface area contributed by atoms with Gasteiger partial charge in [0.05, 0.1) is 13.7 Å². The molecule has 0 aromatic heterocycles. The van der Waals surface area contributed by atoms with Gasteiger partial charge in [-0.2, -0.15) is 0 Å². The molecule has 27 heavy (non-hydrogen) atoms. The van der Waals surface area contributed by atoms with E-state index in [1.54, 1.807) is 31.4 Å². The van der Waals surface area contributed by atoms with E-state index in [2.05, 4.69) is 10.6 Å². The molecule has 1 aliphatic rings. The van der Waals surface area contributed by atoms with Crippen LogP contribution >= 0.6 is 0 Å². The molecule has 2 aromatic carbocycles. The summed E-state index contributed by atoms with van der Waals surface area (Å²) in [5.74, 6) is 1.68. The number of nitrogens with one attached hydrogen (secondary N) is 2. The van der Waals surface area contributed by atoms with Gasteiger partial charge in [0.1, 0.15) is 35.3 Å². The number of benzene rings is 2. The van der Waals surface area contributed by atoms with Gasteiger partial charge in [-0.1, -0.05) is 12.1 Å². The van der Waals surface area contributed by atoms with E-state index >= 15 is 0 Å². The monoisotopic (exact) mass is 372 g/mol. The van der Waals surface area contributed by atoms with Crippen molar-refractivity contribution < 1.29 is 28.5 Å². The second kappa shape index (κ2) is 8.79. The SMILES string of the molecule is COc1cccc(OCCNC(=O)COc2cccc3c2NC(=O)CO3)c1. The van der Waals surface area contributed by atoms with Crippen molar-refractivity contribution >= 4 is 17.5 Å². The van der Waals surface area contributed by atoms with Gasteiger partial charge in [0, 0.05) is 6.07 Å². The summed E-state index contributed by atoms with van der Waals surface area (Å²) < 4.78 is 21.5. The molecule has 0 unspecified atom stereocenters. The third-order valence-corrected chi connectivity index (χ3v) is 3.70. The largest absolute Gasteiger partial charge is 0.497 e. The molecule has 0 spiro atoms. The molecule has 1 heterocycles. The topological polar surface area (TPSA) is 95.1 Å². The Hall–Kier alpha value is -3.42. The summed E-state index contributed by atoms with van der Waals surface area (Å²) in [6, 6.07) is 12.3. The molecule has 0 fully saturated rings. The Morgan fingerprint density at radius 2 is 2.00 bits per heavy atom. The Morgan fingerprint density at radius 1 is 1.19 bits per heavy atom. The molecule has 0 saturated heterocycles. The fourth-order valence-electron chi connectivity index (χ4n) is 2.44. The van der Waals surface area contributed by atoms with E-state index in [1.807, 2.05) is 18.2 Å². The molecule has 0 saturated carbocycles. The smallest absolute Gasteiger partial charge is 0.262 e. The number of para-hydroxylation sites is 1. The molecule has 2 amide bonds. The van der Waals surface area contributed by atoms with Crippen molar-refractivity contribution in [3.8, 4) is 23.0 Å². The fourth-order valence-corrected chi connectivity index (χ4v) is 2.44. The van der Waals surface area contributed by atoms with Crippen LogP contribution in [0.5, 0.6) is 23.0 Å². The van der Waals surface area contributed by atoms with Crippen molar-refractivity contribution in [2.45, 2.75) is 0 Å². The molecule has 0 bridgehead atoms. The zero-order valence-corrected chi connectivity index (χ0v) is 14.8. The number of carbonyl (C=O) groups is 2. The second-order valence-electron chi connectivity index (χ2n) is 5.63. The van der Waals surface area contributed by atoms with Crippen molar-refractivity contribution in [3.05, 3.63) is 42.5 Å². The minimum atomic E-state index is -0.301. The Kier molecular flexibility index (Phi) is 5.98. The van der Waals surface area contributed by atoms with Crippen LogP contribution in [0.4, 0.5) is 5.69 Å². The van der Waals surface area contributed by atoms with Crippen LogP contribution < -0.4 is 29.6 Å². The van der Waals surface area contributed by atoms with Crippen LogP contribution in [0.1, 0.15) is 0 Å². The maximum Gasteiger partial charge on any atom is 0.262 e. The first kappa shape index (κ1) is 18.4. The first-order chi connectivity index (χ1) is 13.2. The summed E-state index contributed by atoms with van der Waals surface area (Å²) in [6.07, 6.45) is 0. The van der Waals surface area contributed by atoms with Gasteiger partial charge in [-0.15, -0.1) is 0 Å². The molecule has 0 aliphatic carbocycles. The van der Waals surface area contributed by atoms with Crippen LogP contribution in [0.15, 0.2) is 42.5 Å². The van der Waals surface area contributed by atoms with E-state index in [-0.39, 0.29) is 25.0 Å². The molecule has 2 aromatic rings. The lowest BCUT2D eigenvalue weighted by molar-refractivity contribution is -0.123. The van der Waals surface area contributed by atoms with Gasteiger partial charge < -0.3 is 29.6 Å². The van der Waals surface area contributed by atoms with Crippen LogP contribution in [0.2, 0.25) is 0 Å². The molecule has 8 nitrogen and oxygen atoms in total. The predicted octanol–water partition coefficient (Wildman–Crippen LogP) is 1.60. The van der Waals surface area contributed by atoms with Crippen LogP contribution in [-0.4, -0.2) is 45.3 Å². The van der Waals surface area contributed by atoms with Gasteiger partial charge in [0.15, 0.2) is 13.2 Å². The lowest BCUT2D eigenvalue weighted by Gasteiger charge is -2.20. The normalized spacial score (nSPS) is 12.3. The number of rotatable bonds is 8. The quantitative estimate of drug-likeness (QED) is 0.684. The number of amides is 2. The van der Waals surface area contributed by atoms with E-state index in [0.717, 1.165) is 0 Å². The molecular weight excluding hydrogens is 352 g/mol. The van der Waals surface area contributed by atoms with E-state index < -0.39 is 0 Å². The fraction of sp³-hybridized carbons (Fsp3) is 0.263. The van der Waals surface area contributed by atoms with Gasteiger partial charge in [-0.05, 0) is 24.3 Å². The van der Waals surface area contributed by atoms with Crippen LogP contribution in [0.3, 0.4) is 0 Å². The highest BCUT2D eigenvalue weighted by Gasteiger charge is 2.20. The highest BCUT2D eigenvalue weighted by molar-refractivity contribution is 5.97. The Bertz CT molecular complexity index is 824. The van der Waals surface area contributed by atoms with Gasteiger partial charge in [-0.25, -0.2) is 0 Å². The van der Waals surface area contributed by atoms with Gasteiger partial charge in [-0.3, -0.25) is 9.59 Å². The number of carbonyl (C=O) groups excluding carboxylic acids is 2. The standard InChI is InChI=1S/C19H20N2O6/c1-24-13-4-2-5-14(10-13)25-9-8-20-17(22)11-26-15-6-3-7-16-19(15)21-18(23)12-27-16/h2-7,10H,8-9,11-12H2,1H3,(H,20,22)(H,21,23). The summed E-state index contributed by atoms with van der Waals surface area (Å²) in [5, 5.41) is 5.38. The van der Waals surface area contributed by atoms with E-state index in [1.165, 1.54) is 0 Å². The number of hydrogen-bond acceptors (Lipinski definition) is 6. The summed E-state index contributed by atoms with van der Waals surface area (Å²) in [5.41, 5.74) is 0.433. The van der Waals surface area contributed by atoms with Crippen molar-refractivity contribution in [1.82, 2.24) is 5.32 Å². The maximum absolute atomic E-state index is 11.9. The number of fused-ring (bicyclic) bond motifs is 1. The van der Waals surface area contributed by atoms with Gasteiger partial charge in [0.25, 0.3) is 11.8 Å². The lowest BCUT2D eigenvalue weighted by Crippen LogP contribution is -2.32. The van der Waals surface area contributed by atoms with Crippen LogP contribution in [0, 0.1) is 0 Å². The first-order valence-corrected chi connectivity index (χ1v) is 8.38. The van der Waals surface area contributed by atoms with Crippen molar-refractivity contribution in [3.63, 3.8) is 0 Å². The number of methoxy groups -OCH3 is 1. The lowest BCUT2D eigenvalue weighted by atomic mass is 10.2. The third kappa shape index (κ3) is 5.04. The molecule has 3 rings (SSSR count). The zero-order valence-electron chi connectivity index (χ0n) is 14.8. The number of ether oxygens (including phenoxy) is 4. The number of hydrogen-bond donors (Lipinski definition) is 2. The summed E-state index contributed by atoms with van der Waals surface area (Å²) in [7, 11) is 1.58. The van der Waals surface area contributed by atoms with Gasteiger partial charge in [0.2, 0.25) is 0 Å². The third-order valence-electron chi connectivity index (χ3n) is 3.70. The Morgan fingerprint density at radius 3 is 2.85 bits per heavy atom. The zero-order chi connectivity index (χ0) is 19.1. The summed E-state index contributed by atoms with van der Waals surface area (Å²) in [4.78, 5) is 23.4. The minimum Gasteiger partial charge on any atom is -0.497 e. The molecule has 8 heteroatoms. The van der Waals surface area contributed by atoms with Gasteiger partial charge >= 0.3 is 0 Å². The van der Waals surface area contributed by atoms with Crippen LogP contribution in [-0.2, 0) is 9.59 Å². The van der Waals surface area contributed by atoms with Crippen molar-refractivity contribution in [2.75, 3.05) is 38.8 Å². The molecule has 2 N–H and O–H groups in total. The van der Waals surface area contributed by atoms with Crippen molar-refractivity contribution in [2.24, 2.45) is 0 Å². The summed E-state index contributed by atoms with van der Waals surface area (Å²) >= 11 is 0. The average molecular weight is 372 g/mol. The molecule has 142 valence electrons. The van der Waals surface area contributed by atoms with E-state index in [9.17, 15) is 9.59 Å². The molecule has 0 atom stereocenters. The second-order valence-corrected chi connectivity index (χ2v) is 5.63. The minimum absolute atomic E-state index is 0.0375. The van der Waals surface area contributed by atoms with E-state index in [0.29, 0.717) is 41.8 Å². The average Bonchev–Trinajstić information content (AvgIpc) is 2.69. The highest BCUT2D eigenvalue weighted by atomic mass is 16.5. The number of anilines is 1. The maximum atomic E-state index is 11.9.